The van der Waals surface area contributed by atoms with Crippen molar-refractivity contribution in [3.63, 3.8) is 0 Å². The summed E-state index contributed by atoms with van der Waals surface area (Å²) >= 11 is 0. The minimum atomic E-state index is 0.887. The summed E-state index contributed by atoms with van der Waals surface area (Å²) in [5, 5.41) is 7.29. The second-order valence-electron chi connectivity index (χ2n) is 5.29. The van der Waals surface area contributed by atoms with E-state index in [4.69, 9.17) is 5.73 Å². The number of hydrogen-bond acceptors (Lipinski definition) is 1. The molecule has 0 aromatic heterocycles. The van der Waals surface area contributed by atoms with Crippen molar-refractivity contribution in [1.29, 1.82) is 0 Å². The summed E-state index contributed by atoms with van der Waals surface area (Å²) in [6.45, 7) is 2.18. The van der Waals surface area contributed by atoms with E-state index in [9.17, 15) is 0 Å². The fourth-order valence-corrected chi connectivity index (χ4v) is 3.20. The lowest BCUT2D eigenvalue weighted by molar-refractivity contribution is 1.59. The quantitative estimate of drug-likeness (QED) is 0.267. The summed E-state index contributed by atoms with van der Waals surface area (Å²) in [6, 6.07) is 21.2. The molecule has 0 saturated carbocycles. The number of nitrogens with two attached hydrogens (primary N) is 1. The van der Waals surface area contributed by atoms with E-state index in [1.165, 1.54) is 32.5 Å². The highest BCUT2D eigenvalue weighted by Crippen LogP contribution is 2.38. The van der Waals surface area contributed by atoms with Gasteiger partial charge in [0.05, 0.1) is 0 Å². The lowest BCUT2D eigenvalue weighted by Crippen LogP contribution is -1.93. The molecule has 4 rings (SSSR count). The zero-order chi connectivity index (χ0) is 13.7. The van der Waals surface area contributed by atoms with E-state index in [-0.39, 0.29) is 0 Å². The molecular formula is C19H15N. The second kappa shape index (κ2) is 3.97. The van der Waals surface area contributed by atoms with Gasteiger partial charge in [0.2, 0.25) is 0 Å². The van der Waals surface area contributed by atoms with Crippen molar-refractivity contribution in [2.45, 2.75) is 6.92 Å². The van der Waals surface area contributed by atoms with Crippen LogP contribution in [0.4, 0.5) is 5.69 Å². The van der Waals surface area contributed by atoms with Crippen LogP contribution in [0.15, 0.2) is 60.7 Å². The van der Waals surface area contributed by atoms with Crippen LogP contribution in [0.5, 0.6) is 0 Å². The molecule has 20 heavy (non-hydrogen) atoms. The van der Waals surface area contributed by atoms with E-state index in [1.807, 2.05) is 0 Å². The molecule has 0 unspecified atom stereocenters. The van der Waals surface area contributed by atoms with Gasteiger partial charge in [-0.3, -0.25) is 0 Å². The van der Waals surface area contributed by atoms with Crippen LogP contribution < -0.4 is 5.73 Å². The Morgan fingerprint density at radius 3 is 2.10 bits per heavy atom. The largest absolute Gasteiger partial charge is 0.398 e. The van der Waals surface area contributed by atoms with Crippen molar-refractivity contribution in [1.82, 2.24) is 0 Å². The van der Waals surface area contributed by atoms with Crippen LogP contribution in [0.2, 0.25) is 0 Å². The molecule has 1 nitrogen and oxygen atoms in total. The minimum absolute atomic E-state index is 0.887. The van der Waals surface area contributed by atoms with Gasteiger partial charge >= 0.3 is 0 Å². The molecular weight excluding hydrogens is 242 g/mol. The van der Waals surface area contributed by atoms with E-state index in [1.54, 1.807) is 0 Å². The molecule has 0 fully saturated rings. The van der Waals surface area contributed by atoms with Gasteiger partial charge in [-0.2, -0.15) is 0 Å². The minimum Gasteiger partial charge on any atom is -0.398 e. The first-order chi connectivity index (χ1) is 9.77. The normalized spacial score (nSPS) is 11.4. The Hall–Kier alpha value is -2.54. The van der Waals surface area contributed by atoms with E-state index in [0.29, 0.717) is 0 Å². The molecule has 0 aliphatic heterocycles. The molecule has 0 atom stereocenters. The smallest absolute Gasteiger partial charge is 0.0479 e. The molecule has 1 heteroatoms. The van der Waals surface area contributed by atoms with Gasteiger partial charge < -0.3 is 5.73 Å². The first-order valence-electron chi connectivity index (χ1n) is 6.85. The van der Waals surface area contributed by atoms with Gasteiger partial charge in [-0.05, 0) is 34.0 Å². The molecule has 0 aliphatic rings. The average molecular weight is 257 g/mol. The maximum atomic E-state index is 6.49. The van der Waals surface area contributed by atoms with E-state index >= 15 is 0 Å². The molecule has 0 aliphatic carbocycles. The lowest BCUT2D eigenvalue weighted by atomic mass is 9.92. The molecule has 0 amide bonds. The summed E-state index contributed by atoms with van der Waals surface area (Å²) in [5.41, 5.74) is 8.68. The first kappa shape index (κ1) is 11.3. The summed E-state index contributed by atoms with van der Waals surface area (Å²) in [7, 11) is 0. The molecule has 0 heterocycles. The van der Waals surface area contributed by atoms with Gasteiger partial charge in [0.1, 0.15) is 0 Å². The maximum absolute atomic E-state index is 6.49. The average Bonchev–Trinajstić information content (AvgIpc) is 2.51. The van der Waals surface area contributed by atoms with Crippen LogP contribution in [0.25, 0.3) is 32.3 Å². The van der Waals surface area contributed by atoms with Gasteiger partial charge in [-0.15, -0.1) is 0 Å². The summed E-state index contributed by atoms with van der Waals surface area (Å²) in [6.07, 6.45) is 0. The third kappa shape index (κ3) is 1.38. The zero-order valence-corrected chi connectivity index (χ0v) is 11.4. The molecule has 0 saturated heterocycles. The van der Waals surface area contributed by atoms with Crippen LogP contribution in [0, 0.1) is 6.92 Å². The Kier molecular flexibility index (Phi) is 2.25. The Labute approximate surface area is 117 Å². The van der Waals surface area contributed by atoms with Crippen molar-refractivity contribution in [2.24, 2.45) is 0 Å². The third-order valence-corrected chi connectivity index (χ3v) is 4.22. The first-order valence-corrected chi connectivity index (χ1v) is 6.85. The number of hydrogen-bond donors (Lipinski definition) is 1. The molecule has 96 valence electrons. The number of nitrogen functional groups attached to an aromatic ring is 1. The predicted octanol–water partition coefficient (Wildman–Crippen LogP) is 5.04. The summed E-state index contributed by atoms with van der Waals surface area (Å²) in [4.78, 5) is 0. The second-order valence-corrected chi connectivity index (χ2v) is 5.29. The van der Waals surface area contributed by atoms with Crippen molar-refractivity contribution in [3.05, 3.63) is 66.2 Å². The van der Waals surface area contributed by atoms with Crippen molar-refractivity contribution in [3.8, 4) is 0 Å². The van der Waals surface area contributed by atoms with Crippen molar-refractivity contribution in [2.75, 3.05) is 5.73 Å². The Morgan fingerprint density at radius 2 is 1.30 bits per heavy atom. The van der Waals surface area contributed by atoms with Gasteiger partial charge in [0.25, 0.3) is 0 Å². The van der Waals surface area contributed by atoms with Crippen LogP contribution >= 0.6 is 0 Å². The van der Waals surface area contributed by atoms with Gasteiger partial charge in [-0.25, -0.2) is 0 Å². The maximum Gasteiger partial charge on any atom is 0.0479 e. The van der Waals surface area contributed by atoms with Crippen LogP contribution in [-0.4, -0.2) is 0 Å². The predicted molar refractivity (Wildman–Crippen MR) is 88.1 cm³/mol. The van der Waals surface area contributed by atoms with Crippen LogP contribution in [0.1, 0.15) is 5.56 Å². The third-order valence-electron chi connectivity index (χ3n) is 4.22. The molecule has 4 aromatic rings. The summed E-state index contributed by atoms with van der Waals surface area (Å²) in [5.74, 6) is 0. The fourth-order valence-electron chi connectivity index (χ4n) is 3.20. The zero-order valence-electron chi connectivity index (χ0n) is 11.4. The molecule has 2 N–H and O–H groups in total. The highest BCUT2D eigenvalue weighted by atomic mass is 14.6. The Balaban J connectivity index is 2.38. The molecule has 4 aromatic carbocycles. The van der Waals surface area contributed by atoms with E-state index in [2.05, 4.69) is 67.6 Å². The van der Waals surface area contributed by atoms with Gasteiger partial charge in [-0.1, -0.05) is 60.7 Å². The molecule has 0 radical (unpaired) electrons. The summed E-state index contributed by atoms with van der Waals surface area (Å²) < 4.78 is 0. The monoisotopic (exact) mass is 257 g/mol. The number of anilines is 1. The molecule has 0 spiro atoms. The van der Waals surface area contributed by atoms with Gasteiger partial charge in [0.15, 0.2) is 0 Å². The van der Waals surface area contributed by atoms with Crippen LogP contribution in [-0.2, 0) is 0 Å². The van der Waals surface area contributed by atoms with Crippen molar-refractivity contribution < 1.29 is 0 Å². The van der Waals surface area contributed by atoms with Gasteiger partial charge in [0, 0.05) is 16.5 Å². The fraction of sp³-hybridized carbons (Fsp3) is 0.0526. The number of rotatable bonds is 0. The molecule has 0 bridgehead atoms. The highest BCUT2D eigenvalue weighted by Gasteiger charge is 2.11. The van der Waals surface area contributed by atoms with Crippen molar-refractivity contribution >= 4 is 38.0 Å². The SMILES string of the molecule is Cc1c2ccccc2c(N)c2c1ccc1ccccc12. The van der Waals surface area contributed by atoms with E-state index < -0.39 is 0 Å². The number of benzene rings is 4. The Bertz CT molecular complexity index is 967. The Morgan fingerprint density at radius 1 is 0.650 bits per heavy atom. The van der Waals surface area contributed by atoms with E-state index in [0.717, 1.165) is 11.1 Å². The highest BCUT2D eigenvalue weighted by molar-refractivity contribution is 6.21. The number of fused-ring (bicyclic) bond motifs is 4. The lowest BCUT2D eigenvalue weighted by Gasteiger charge is -2.13. The number of aryl methyl sites for hydroxylation is 1. The standard InChI is InChI=1S/C19H15N/c1-12-14-7-4-5-9-17(14)19(20)18-15(12)11-10-13-6-2-3-8-16(13)18/h2-11H,20H2,1H3. The van der Waals surface area contributed by atoms with Crippen LogP contribution in [0.3, 0.4) is 0 Å². The topological polar surface area (TPSA) is 26.0 Å².